The number of halogens is 2. The number of benzene rings is 2. The molecule has 0 atom stereocenters. The number of hydrogen-bond donors (Lipinski definition) is 1. The van der Waals surface area contributed by atoms with E-state index in [0.29, 0.717) is 52.6 Å². The molecular formula is C27H31Cl2N7O2. The van der Waals surface area contributed by atoms with E-state index >= 15 is 0 Å². The van der Waals surface area contributed by atoms with E-state index in [2.05, 4.69) is 30.3 Å². The largest absolute Gasteiger partial charge is 0.490 e. The van der Waals surface area contributed by atoms with Crippen molar-refractivity contribution < 1.29 is 9.47 Å². The lowest BCUT2D eigenvalue weighted by Gasteiger charge is -2.20. The SMILES string of the molecule is CCOc1cc(/C=N\Nc2nc(N3CCCC3)nc(N3CCCC3)n2)ccc1OCc1ccc(Cl)cc1Cl. The summed E-state index contributed by atoms with van der Waals surface area (Å²) >= 11 is 12.3. The van der Waals surface area contributed by atoms with Crippen LogP contribution in [-0.4, -0.2) is 54.0 Å². The predicted molar refractivity (Wildman–Crippen MR) is 152 cm³/mol. The van der Waals surface area contributed by atoms with E-state index in [4.69, 9.17) is 37.7 Å². The summed E-state index contributed by atoms with van der Waals surface area (Å²) in [6, 6.07) is 11.0. The summed E-state index contributed by atoms with van der Waals surface area (Å²) in [5.74, 6) is 3.08. The number of nitrogens with one attached hydrogen (secondary N) is 1. The first-order valence-electron chi connectivity index (χ1n) is 13.0. The maximum atomic E-state index is 6.28. The van der Waals surface area contributed by atoms with E-state index in [0.717, 1.165) is 63.0 Å². The molecule has 2 aromatic carbocycles. The standard InChI is InChI=1S/C27H31Cl2N7O2/c1-2-37-24-15-19(7-10-23(24)38-18-20-8-9-21(28)16-22(20)29)17-30-34-25-31-26(35-11-3-4-12-35)33-27(32-25)36-13-5-6-14-36/h7-10,15-17H,2-6,11-14,18H2,1H3,(H,31,32,33,34)/b30-17-. The number of aromatic nitrogens is 3. The topological polar surface area (TPSA) is 88.0 Å². The zero-order valence-corrected chi connectivity index (χ0v) is 22.9. The molecule has 2 saturated heterocycles. The van der Waals surface area contributed by atoms with Crippen molar-refractivity contribution in [3.05, 3.63) is 57.6 Å². The van der Waals surface area contributed by atoms with Crippen LogP contribution in [0.3, 0.4) is 0 Å². The monoisotopic (exact) mass is 555 g/mol. The third-order valence-electron chi connectivity index (χ3n) is 6.43. The molecule has 2 aliphatic heterocycles. The Morgan fingerprint density at radius 3 is 2.18 bits per heavy atom. The summed E-state index contributed by atoms with van der Waals surface area (Å²) < 4.78 is 11.8. The minimum Gasteiger partial charge on any atom is -0.490 e. The summed E-state index contributed by atoms with van der Waals surface area (Å²) in [6.45, 7) is 6.58. The normalized spacial score (nSPS) is 15.4. The average Bonchev–Trinajstić information content (AvgIpc) is 3.64. The molecule has 0 spiro atoms. The first-order chi connectivity index (χ1) is 18.6. The molecule has 9 nitrogen and oxygen atoms in total. The van der Waals surface area contributed by atoms with Crippen LogP contribution in [0.1, 0.15) is 43.7 Å². The molecule has 0 unspecified atom stereocenters. The van der Waals surface area contributed by atoms with Gasteiger partial charge in [0.15, 0.2) is 11.5 Å². The fraction of sp³-hybridized carbons (Fsp3) is 0.407. The number of ether oxygens (including phenoxy) is 2. The molecule has 2 aliphatic rings. The number of hydrogen-bond acceptors (Lipinski definition) is 9. The molecule has 3 heterocycles. The summed E-state index contributed by atoms with van der Waals surface area (Å²) in [6.07, 6.45) is 6.32. The van der Waals surface area contributed by atoms with Crippen LogP contribution in [0.15, 0.2) is 41.5 Å². The highest BCUT2D eigenvalue weighted by Gasteiger charge is 2.21. The first-order valence-corrected chi connectivity index (χ1v) is 13.7. The molecule has 0 radical (unpaired) electrons. The minimum atomic E-state index is 0.295. The molecule has 11 heteroatoms. The van der Waals surface area contributed by atoms with Crippen LogP contribution in [0.25, 0.3) is 0 Å². The summed E-state index contributed by atoms with van der Waals surface area (Å²) in [5, 5.41) is 5.55. The Labute approximate surface area is 232 Å². The average molecular weight is 556 g/mol. The lowest BCUT2D eigenvalue weighted by Crippen LogP contribution is -2.25. The Kier molecular flexibility index (Phi) is 8.65. The minimum absolute atomic E-state index is 0.295. The second-order valence-electron chi connectivity index (χ2n) is 9.18. The molecule has 1 aromatic heterocycles. The summed E-state index contributed by atoms with van der Waals surface area (Å²) in [5.41, 5.74) is 4.68. The van der Waals surface area contributed by atoms with E-state index in [1.54, 1.807) is 18.3 Å². The van der Waals surface area contributed by atoms with Crippen LogP contribution in [0, 0.1) is 0 Å². The van der Waals surface area contributed by atoms with Gasteiger partial charge < -0.3 is 19.3 Å². The first kappa shape index (κ1) is 26.3. The van der Waals surface area contributed by atoms with Crippen LogP contribution in [-0.2, 0) is 6.61 Å². The van der Waals surface area contributed by atoms with Crippen molar-refractivity contribution in [3.8, 4) is 11.5 Å². The van der Waals surface area contributed by atoms with Gasteiger partial charge in [-0.25, -0.2) is 5.43 Å². The predicted octanol–water partition coefficient (Wildman–Crippen LogP) is 5.80. The molecule has 2 fully saturated rings. The van der Waals surface area contributed by atoms with Crippen LogP contribution in [0.2, 0.25) is 10.0 Å². The van der Waals surface area contributed by atoms with Crippen LogP contribution >= 0.6 is 23.2 Å². The van der Waals surface area contributed by atoms with Gasteiger partial charge in [-0.2, -0.15) is 20.1 Å². The molecule has 200 valence electrons. The van der Waals surface area contributed by atoms with E-state index in [-0.39, 0.29) is 0 Å². The van der Waals surface area contributed by atoms with E-state index in [1.807, 2.05) is 31.2 Å². The zero-order chi connectivity index (χ0) is 26.3. The highest BCUT2D eigenvalue weighted by Crippen LogP contribution is 2.30. The van der Waals surface area contributed by atoms with Crippen LogP contribution in [0.5, 0.6) is 11.5 Å². The zero-order valence-electron chi connectivity index (χ0n) is 21.4. The van der Waals surface area contributed by atoms with E-state index in [9.17, 15) is 0 Å². The van der Waals surface area contributed by atoms with Crippen molar-refractivity contribution >= 4 is 47.3 Å². The van der Waals surface area contributed by atoms with Gasteiger partial charge in [-0.15, -0.1) is 0 Å². The summed E-state index contributed by atoms with van der Waals surface area (Å²) in [4.78, 5) is 18.4. The molecule has 1 N–H and O–H groups in total. The molecule has 38 heavy (non-hydrogen) atoms. The Balaban J connectivity index is 1.29. The van der Waals surface area contributed by atoms with Gasteiger partial charge in [0.05, 0.1) is 12.8 Å². The number of nitrogens with zero attached hydrogens (tertiary/aromatic N) is 6. The smallest absolute Gasteiger partial charge is 0.250 e. The lowest BCUT2D eigenvalue weighted by molar-refractivity contribution is 0.269. The summed E-state index contributed by atoms with van der Waals surface area (Å²) in [7, 11) is 0. The Morgan fingerprint density at radius 1 is 0.868 bits per heavy atom. The van der Waals surface area contributed by atoms with Gasteiger partial charge >= 0.3 is 0 Å². The van der Waals surface area contributed by atoms with Gasteiger partial charge in [0.25, 0.3) is 0 Å². The molecular weight excluding hydrogens is 525 g/mol. The third-order valence-corrected chi connectivity index (χ3v) is 7.02. The third kappa shape index (κ3) is 6.57. The quantitative estimate of drug-likeness (QED) is 0.248. The van der Waals surface area contributed by atoms with Gasteiger partial charge in [-0.1, -0.05) is 29.3 Å². The van der Waals surface area contributed by atoms with Gasteiger partial charge in [0.1, 0.15) is 6.61 Å². The fourth-order valence-corrected chi connectivity index (χ4v) is 4.94. The van der Waals surface area contributed by atoms with Crippen molar-refractivity contribution in [2.24, 2.45) is 5.10 Å². The van der Waals surface area contributed by atoms with Crippen molar-refractivity contribution in [2.45, 2.75) is 39.2 Å². The fourth-order valence-electron chi connectivity index (χ4n) is 4.47. The Morgan fingerprint density at radius 2 is 1.55 bits per heavy atom. The molecule has 0 aliphatic carbocycles. The molecule has 0 bridgehead atoms. The van der Waals surface area contributed by atoms with E-state index < -0.39 is 0 Å². The van der Waals surface area contributed by atoms with Crippen LogP contribution < -0.4 is 24.7 Å². The highest BCUT2D eigenvalue weighted by molar-refractivity contribution is 6.35. The second kappa shape index (κ2) is 12.5. The maximum absolute atomic E-state index is 6.28. The number of rotatable bonds is 10. The maximum Gasteiger partial charge on any atom is 0.250 e. The van der Waals surface area contributed by atoms with Crippen molar-refractivity contribution in [1.82, 2.24) is 15.0 Å². The molecule has 0 saturated carbocycles. The number of anilines is 3. The Bertz CT molecular complexity index is 1240. The van der Waals surface area contributed by atoms with Crippen molar-refractivity contribution in [1.29, 1.82) is 0 Å². The highest BCUT2D eigenvalue weighted by atomic mass is 35.5. The van der Waals surface area contributed by atoms with Gasteiger partial charge in [0.2, 0.25) is 17.8 Å². The van der Waals surface area contributed by atoms with Gasteiger partial charge in [-0.3, -0.25) is 0 Å². The Hall–Kier alpha value is -3.30. The lowest BCUT2D eigenvalue weighted by atomic mass is 10.2. The van der Waals surface area contributed by atoms with Crippen molar-refractivity contribution in [3.63, 3.8) is 0 Å². The molecule has 3 aromatic rings. The molecule has 5 rings (SSSR count). The van der Waals surface area contributed by atoms with Crippen LogP contribution in [0.4, 0.5) is 17.8 Å². The second-order valence-corrected chi connectivity index (χ2v) is 10.0. The van der Waals surface area contributed by atoms with E-state index in [1.165, 1.54) is 0 Å². The molecule has 0 amide bonds. The van der Waals surface area contributed by atoms with Gasteiger partial charge in [0, 0.05) is 41.8 Å². The van der Waals surface area contributed by atoms with Crippen molar-refractivity contribution in [2.75, 3.05) is 48.0 Å². The number of hydrazone groups is 1. The van der Waals surface area contributed by atoms with Gasteiger partial charge in [-0.05, 0) is 68.5 Å².